The van der Waals surface area contributed by atoms with E-state index in [0.717, 1.165) is 5.56 Å². The van der Waals surface area contributed by atoms with Crippen LogP contribution < -0.4 is 9.47 Å². The third kappa shape index (κ3) is 5.26. The van der Waals surface area contributed by atoms with Crippen molar-refractivity contribution < 1.29 is 43.8 Å². The molecule has 0 radical (unpaired) electrons. The molecule has 5 atom stereocenters. The number of benzene rings is 2. The molecular weight excluding hydrogens is 491 g/mol. The van der Waals surface area contributed by atoms with Gasteiger partial charge in [0.1, 0.15) is 35.5 Å². The molecule has 9 nitrogen and oxygen atoms in total. The molecule has 0 spiro atoms. The summed E-state index contributed by atoms with van der Waals surface area (Å²) in [6.45, 7) is 1.17. The van der Waals surface area contributed by atoms with E-state index in [1.807, 2.05) is 30.3 Å². The summed E-state index contributed by atoms with van der Waals surface area (Å²) in [5.74, 6) is -0.849. The maximum absolute atomic E-state index is 13.2. The molecule has 0 aliphatic carbocycles. The van der Waals surface area contributed by atoms with Gasteiger partial charge in [0, 0.05) is 7.11 Å². The lowest BCUT2D eigenvalue weighted by Crippen LogP contribution is -2.60. The third-order valence-corrected chi connectivity index (χ3v) is 6.26. The quantitative estimate of drug-likeness (QED) is 0.453. The van der Waals surface area contributed by atoms with Crippen LogP contribution in [0.4, 0.5) is 0 Å². The Hall–Kier alpha value is -2.11. The maximum atomic E-state index is 13.2. The normalized spacial score (nSPS) is 24.5. The van der Waals surface area contributed by atoms with Crippen LogP contribution in [0, 0.1) is 6.92 Å². The molecule has 1 heterocycles. The van der Waals surface area contributed by atoms with E-state index in [1.165, 1.54) is 14.2 Å². The first kappa shape index (κ1) is 26.5. The van der Waals surface area contributed by atoms with Crippen molar-refractivity contribution in [1.29, 1.82) is 0 Å². The van der Waals surface area contributed by atoms with Crippen molar-refractivity contribution in [3.8, 4) is 11.5 Å². The molecule has 0 unspecified atom stereocenters. The highest BCUT2D eigenvalue weighted by atomic mass is 35.5. The van der Waals surface area contributed by atoms with Crippen molar-refractivity contribution in [1.82, 2.24) is 0 Å². The van der Waals surface area contributed by atoms with Crippen LogP contribution in [0.5, 0.6) is 11.5 Å². The monoisotopic (exact) mass is 516 g/mol. The first-order valence-corrected chi connectivity index (χ1v) is 11.1. The predicted octanol–water partition coefficient (Wildman–Crippen LogP) is 2.50. The lowest BCUT2D eigenvalue weighted by molar-refractivity contribution is -0.293. The van der Waals surface area contributed by atoms with Crippen LogP contribution in [0.2, 0.25) is 10.0 Å². The average Bonchev–Trinajstić information content (AvgIpc) is 2.84. The SMILES string of the molecule is COc1c(Cl)c(OCc2ccccc2)c(Cl)c(C)c1C(=O)O[C@H]1[C@H](OC)O[C@H](CO)[C@@H](O)[C@@H]1O. The Morgan fingerprint density at radius 3 is 2.32 bits per heavy atom. The van der Waals surface area contributed by atoms with Crippen LogP contribution in [-0.4, -0.2) is 72.8 Å². The van der Waals surface area contributed by atoms with E-state index in [4.69, 9.17) is 46.9 Å². The molecule has 11 heteroatoms. The number of halogens is 2. The zero-order valence-corrected chi connectivity index (χ0v) is 20.2. The second-order valence-corrected chi connectivity index (χ2v) is 8.33. The fourth-order valence-corrected chi connectivity index (χ4v) is 4.22. The van der Waals surface area contributed by atoms with E-state index in [9.17, 15) is 20.1 Å². The molecule has 3 rings (SSSR count). The number of hydrogen-bond acceptors (Lipinski definition) is 9. The van der Waals surface area contributed by atoms with Crippen molar-refractivity contribution >= 4 is 29.2 Å². The Morgan fingerprint density at radius 1 is 1.06 bits per heavy atom. The molecular formula is C23H26Cl2O9. The van der Waals surface area contributed by atoms with Crippen LogP contribution in [0.25, 0.3) is 0 Å². The van der Waals surface area contributed by atoms with Crippen LogP contribution in [0.15, 0.2) is 30.3 Å². The van der Waals surface area contributed by atoms with Gasteiger partial charge in [0.25, 0.3) is 0 Å². The van der Waals surface area contributed by atoms with Gasteiger partial charge in [-0.05, 0) is 18.1 Å². The van der Waals surface area contributed by atoms with Crippen LogP contribution >= 0.6 is 23.2 Å². The summed E-state index contributed by atoms with van der Waals surface area (Å²) in [6.07, 6.45) is -6.88. The smallest absolute Gasteiger partial charge is 0.342 e. The highest BCUT2D eigenvalue weighted by Crippen LogP contribution is 2.46. The van der Waals surface area contributed by atoms with E-state index >= 15 is 0 Å². The Balaban J connectivity index is 1.90. The standard InChI is InChI=1S/C23H26Cl2O9/c1-11-14(22(29)34-21-18(28)17(27)13(9-26)33-23(21)31-3)19(30-2)16(25)20(15(11)24)32-10-12-7-5-4-6-8-12/h4-8,13,17-18,21,23,26-28H,9-10H2,1-3H3/t13-,17-,18+,21-,23-/m1/s1. The molecule has 3 N–H and O–H groups in total. The van der Waals surface area contributed by atoms with Gasteiger partial charge in [0.15, 0.2) is 23.9 Å². The number of rotatable bonds is 8. The minimum Gasteiger partial charge on any atom is -0.494 e. The summed E-state index contributed by atoms with van der Waals surface area (Å²) >= 11 is 13.0. The maximum Gasteiger partial charge on any atom is 0.342 e. The Morgan fingerprint density at radius 2 is 1.74 bits per heavy atom. The molecule has 1 saturated heterocycles. The number of aliphatic hydroxyl groups excluding tert-OH is 3. The summed E-state index contributed by atoms with van der Waals surface area (Å²) < 4.78 is 27.1. The summed E-state index contributed by atoms with van der Waals surface area (Å²) in [5.41, 5.74) is 1.06. The van der Waals surface area contributed by atoms with Crippen molar-refractivity contribution in [2.24, 2.45) is 0 Å². The molecule has 2 aromatic rings. The average molecular weight is 517 g/mol. The van der Waals surface area contributed by atoms with Gasteiger partial charge in [-0.1, -0.05) is 53.5 Å². The Bertz CT molecular complexity index is 1000. The van der Waals surface area contributed by atoms with Gasteiger partial charge < -0.3 is 39.0 Å². The minimum atomic E-state index is -1.59. The second-order valence-electron chi connectivity index (χ2n) is 7.58. The fraction of sp³-hybridized carbons (Fsp3) is 0.435. The van der Waals surface area contributed by atoms with E-state index in [0.29, 0.717) is 0 Å². The van der Waals surface area contributed by atoms with Gasteiger partial charge in [-0.25, -0.2) is 4.79 Å². The van der Waals surface area contributed by atoms with Crippen LogP contribution in [0.3, 0.4) is 0 Å². The summed E-state index contributed by atoms with van der Waals surface area (Å²) in [4.78, 5) is 13.2. The van der Waals surface area contributed by atoms with E-state index < -0.39 is 43.3 Å². The summed E-state index contributed by atoms with van der Waals surface area (Å²) in [7, 11) is 2.58. The number of methoxy groups -OCH3 is 2. The van der Waals surface area contributed by atoms with E-state index in [-0.39, 0.29) is 39.3 Å². The highest BCUT2D eigenvalue weighted by molar-refractivity contribution is 6.39. The molecule has 2 aromatic carbocycles. The van der Waals surface area contributed by atoms with Crippen molar-refractivity contribution in [3.05, 3.63) is 57.1 Å². The third-order valence-electron chi connectivity index (χ3n) is 5.46. The fourth-order valence-electron chi connectivity index (χ4n) is 3.61. The van der Waals surface area contributed by atoms with Crippen molar-refractivity contribution in [2.45, 2.75) is 44.2 Å². The molecule has 1 fully saturated rings. The summed E-state index contributed by atoms with van der Waals surface area (Å²) in [5, 5.41) is 30.0. The lowest BCUT2D eigenvalue weighted by atomic mass is 9.99. The molecule has 0 aromatic heterocycles. The number of hydrogen-bond donors (Lipinski definition) is 3. The van der Waals surface area contributed by atoms with E-state index in [1.54, 1.807) is 6.92 Å². The predicted molar refractivity (Wildman–Crippen MR) is 122 cm³/mol. The first-order chi connectivity index (χ1) is 16.2. The molecule has 0 bridgehead atoms. The number of carbonyl (C=O) groups is 1. The second kappa shape index (κ2) is 11.5. The van der Waals surface area contributed by atoms with Gasteiger partial charge in [0.05, 0.1) is 18.7 Å². The number of ether oxygens (including phenoxy) is 5. The lowest BCUT2D eigenvalue weighted by Gasteiger charge is -2.40. The van der Waals surface area contributed by atoms with Gasteiger partial charge in [-0.3, -0.25) is 0 Å². The molecule has 186 valence electrons. The zero-order chi connectivity index (χ0) is 25.0. The largest absolute Gasteiger partial charge is 0.494 e. The van der Waals surface area contributed by atoms with Crippen LogP contribution in [-0.2, 0) is 20.8 Å². The van der Waals surface area contributed by atoms with E-state index in [2.05, 4.69) is 0 Å². The first-order valence-electron chi connectivity index (χ1n) is 10.3. The van der Waals surface area contributed by atoms with Gasteiger partial charge in [-0.2, -0.15) is 0 Å². The Kier molecular flexibility index (Phi) is 9.00. The Labute approximate surface area is 206 Å². The number of esters is 1. The molecule has 0 amide bonds. The van der Waals surface area contributed by atoms with Gasteiger partial charge in [-0.15, -0.1) is 0 Å². The highest BCUT2D eigenvalue weighted by Gasteiger charge is 2.47. The zero-order valence-electron chi connectivity index (χ0n) is 18.7. The molecule has 1 aliphatic heterocycles. The molecule has 1 aliphatic rings. The minimum absolute atomic E-state index is 0.0365. The van der Waals surface area contributed by atoms with Gasteiger partial charge in [0.2, 0.25) is 0 Å². The topological polar surface area (TPSA) is 124 Å². The summed E-state index contributed by atoms with van der Waals surface area (Å²) in [6, 6.07) is 9.35. The van der Waals surface area contributed by atoms with Crippen molar-refractivity contribution in [3.63, 3.8) is 0 Å². The van der Waals surface area contributed by atoms with Crippen molar-refractivity contribution in [2.75, 3.05) is 20.8 Å². The molecule has 34 heavy (non-hydrogen) atoms. The molecule has 0 saturated carbocycles. The number of carbonyl (C=O) groups excluding carboxylic acids is 1. The number of aliphatic hydroxyl groups is 3. The van der Waals surface area contributed by atoms with Crippen LogP contribution in [0.1, 0.15) is 21.5 Å². The van der Waals surface area contributed by atoms with Gasteiger partial charge >= 0.3 is 5.97 Å².